The molecule has 0 spiro atoms. The number of unbranched alkanes of at least 4 members (excludes halogenated alkanes) is 2. The van der Waals surface area contributed by atoms with Gasteiger partial charge >= 0.3 is 0 Å². The molecule has 0 aliphatic heterocycles. The Labute approximate surface area is 108 Å². The molecule has 0 aromatic carbocycles. The molecule has 0 fully saturated rings. The summed E-state index contributed by atoms with van der Waals surface area (Å²) in [6, 6.07) is 0. The zero-order valence-electron chi connectivity index (χ0n) is 12.7. The highest BCUT2D eigenvalue weighted by Crippen LogP contribution is 2.23. The van der Waals surface area contributed by atoms with Gasteiger partial charge in [-0.05, 0) is 25.2 Å². The molecule has 2 heteroatoms. The summed E-state index contributed by atoms with van der Waals surface area (Å²) in [6.45, 7) is 14.6. The first-order valence-electron chi connectivity index (χ1n) is 7.17. The van der Waals surface area contributed by atoms with Crippen LogP contribution in [-0.4, -0.2) is 19.0 Å². The lowest BCUT2D eigenvalue weighted by Crippen LogP contribution is -2.35. The molecule has 0 unspecified atom stereocenters. The van der Waals surface area contributed by atoms with Crippen molar-refractivity contribution in [1.82, 2.24) is 0 Å². The molecule has 0 aromatic rings. The third-order valence-electron chi connectivity index (χ3n) is 2.68. The van der Waals surface area contributed by atoms with Crippen LogP contribution in [0, 0.1) is 11.8 Å². The van der Waals surface area contributed by atoms with E-state index in [1.165, 1.54) is 19.3 Å². The van der Waals surface area contributed by atoms with E-state index in [4.69, 9.17) is 9.47 Å². The Kier molecular flexibility index (Phi) is 8.89. The summed E-state index contributed by atoms with van der Waals surface area (Å²) < 4.78 is 11.9. The summed E-state index contributed by atoms with van der Waals surface area (Å²) in [7, 11) is 0. The standard InChI is InChI=1S/C15H32O2/c1-7-8-9-10-15(6,16-11-13(2)3)17-12-14(4)5/h13-14H,7-12H2,1-6H3. The van der Waals surface area contributed by atoms with Crippen LogP contribution >= 0.6 is 0 Å². The average Bonchev–Trinajstić information content (AvgIpc) is 2.24. The Hall–Kier alpha value is -0.0800. The van der Waals surface area contributed by atoms with Gasteiger partial charge in [-0.25, -0.2) is 0 Å². The van der Waals surface area contributed by atoms with Gasteiger partial charge in [0.15, 0.2) is 5.79 Å². The van der Waals surface area contributed by atoms with Crippen LogP contribution in [0.4, 0.5) is 0 Å². The van der Waals surface area contributed by atoms with Crippen molar-refractivity contribution in [2.24, 2.45) is 11.8 Å². The molecule has 0 radical (unpaired) electrons. The fourth-order valence-corrected chi connectivity index (χ4v) is 1.57. The first kappa shape index (κ1) is 16.9. The Morgan fingerprint density at radius 1 is 0.882 bits per heavy atom. The van der Waals surface area contributed by atoms with Crippen LogP contribution in [0.15, 0.2) is 0 Å². The van der Waals surface area contributed by atoms with E-state index < -0.39 is 0 Å². The van der Waals surface area contributed by atoms with Crippen molar-refractivity contribution in [3.63, 3.8) is 0 Å². The third-order valence-corrected chi connectivity index (χ3v) is 2.68. The summed E-state index contributed by atoms with van der Waals surface area (Å²) in [5, 5.41) is 0. The Morgan fingerprint density at radius 3 is 1.71 bits per heavy atom. The number of hydrogen-bond donors (Lipinski definition) is 0. The predicted octanol–water partition coefficient (Wildman–Crippen LogP) is 4.63. The van der Waals surface area contributed by atoms with Crippen molar-refractivity contribution in [2.45, 2.75) is 73.0 Å². The molecular weight excluding hydrogens is 212 g/mol. The second-order valence-electron chi connectivity index (χ2n) is 6.00. The largest absolute Gasteiger partial charge is 0.350 e. The van der Waals surface area contributed by atoms with Crippen LogP contribution in [-0.2, 0) is 9.47 Å². The van der Waals surface area contributed by atoms with Crippen molar-refractivity contribution >= 4 is 0 Å². The number of ether oxygens (including phenoxy) is 2. The molecule has 0 heterocycles. The first-order valence-corrected chi connectivity index (χ1v) is 7.17. The van der Waals surface area contributed by atoms with Gasteiger partial charge in [-0.1, -0.05) is 47.5 Å². The summed E-state index contributed by atoms with van der Waals surface area (Å²) in [4.78, 5) is 0. The quantitative estimate of drug-likeness (QED) is 0.412. The van der Waals surface area contributed by atoms with Crippen molar-refractivity contribution in [1.29, 1.82) is 0 Å². The van der Waals surface area contributed by atoms with Crippen LogP contribution in [0.3, 0.4) is 0 Å². The second kappa shape index (κ2) is 8.93. The zero-order chi connectivity index (χ0) is 13.3. The molecule has 0 saturated heterocycles. The van der Waals surface area contributed by atoms with Gasteiger partial charge in [0.1, 0.15) is 0 Å². The number of hydrogen-bond acceptors (Lipinski definition) is 2. The fraction of sp³-hybridized carbons (Fsp3) is 1.00. The van der Waals surface area contributed by atoms with Gasteiger partial charge in [-0.2, -0.15) is 0 Å². The molecule has 0 amide bonds. The minimum absolute atomic E-state index is 0.385. The first-order chi connectivity index (χ1) is 7.89. The lowest BCUT2D eigenvalue weighted by molar-refractivity contribution is -0.238. The van der Waals surface area contributed by atoms with E-state index in [-0.39, 0.29) is 5.79 Å². The fourth-order valence-electron chi connectivity index (χ4n) is 1.57. The summed E-state index contributed by atoms with van der Waals surface area (Å²) in [6.07, 6.45) is 4.68. The Balaban J connectivity index is 4.13. The van der Waals surface area contributed by atoms with Crippen molar-refractivity contribution in [2.75, 3.05) is 13.2 Å². The highest BCUT2D eigenvalue weighted by molar-refractivity contribution is 4.65. The lowest BCUT2D eigenvalue weighted by atomic mass is 10.1. The maximum atomic E-state index is 5.97. The monoisotopic (exact) mass is 244 g/mol. The lowest BCUT2D eigenvalue weighted by Gasteiger charge is -2.31. The minimum Gasteiger partial charge on any atom is -0.350 e. The topological polar surface area (TPSA) is 18.5 Å². The van der Waals surface area contributed by atoms with Gasteiger partial charge in [0.05, 0.1) is 13.2 Å². The highest BCUT2D eigenvalue weighted by atomic mass is 16.7. The predicted molar refractivity (Wildman–Crippen MR) is 74.1 cm³/mol. The average molecular weight is 244 g/mol. The zero-order valence-corrected chi connectivity index (χ0v) is 12.7. The van der Waals surface area contributed by atoms with Crippen LogP contribution < -0.4 is 0 Å². The number of rotatable bonds is 10. The third kappa shape index (κ3) is 9.61. The molecule has 0 saturated carbocycles. The van der Waals surface area contributed by atoms with Gasteiger partial charge in [0.2, 0.25) is 0 Å². The molecule has 0 atom stereocenters. The van der Waals surface area contributed by atoms with Gasteiger partial charge in [0, 0.05) is 6.42 Å². The Bertz CT molecular complexity index is 164. The van der Waals surface area contributed by atoms with Crippen molar-refractivity contribution < 1.29 is 9.47 Å². The second-order valence-corrected chi connectivity index (χ2v) is 6.00. The molecule has 0 aromatic heterocycles. The maximum absolute atomic E-state index is 5.97. The molecule has 2 nitrogen and oxygen atoms in total. The smallest absolute Gasteiger partial charge is 0.165 e. The van der Waals surface area contributed by atoms with E-state index in [1.54, 1.807) is 0 Å². The normalized spacial score (nSPS) is 12.7. The maximum Gasteiger partial charge on any atom is 0.165 e. The van der Waals surface area contributed by atoms with Gasteiger partial charge in [0.25, 0.3) is 0 Å². The van der Waals surface area contributed by atoms with E-state index in [9.17, 15) is 0 Å². The highest BCUT2D eigenvalue weighted by Gasteiger charge is 2.26. The molecular formula is C15H32O2. The van der Waals surface area contributed by atoms with E-state index in [2.05, 4.69) is 41.5 Å². The summed E-state index contributed by atoms with van der Waals surface area (Å²) in [5.74, 6) is 0.732. The van der Waals surface area contributed by atoms with Gasteiger partial charge in [-0.15, -0.1) is 0 Å². The van der Waals surface area contributed by atoms with Crippen LogP contribution in [0.25, 0.3) is 0 Å². The SMILES string of the molecule is CCCCCC(C)(OCC(C)C)OCC(C)C. The van der Waals surface area contributed by atoms with Gasteiger partial charge in [-0.3, -0.25) is 0 Å². The van der Waals surface area contributed by atoms with E-state index in [0.29, 0.717) is 11.8 Å². The van der Waals surface area contributed by atoms with Crippen molar-refractivity contribution in [3.8, 4) is 0 Å². The molecule has 0 aliphatic rings. The molecule has 0 bridgehead atoms. The minimum atomic E-state index is -0.385. The van der Waals surface area contributed by atoms with Crippen LogP contribution in [0.1, 0.15) is 67.2 Å². The van der Waals surface area contributed by atoms with Gasteiger partial charge < -0.3 is 9.47 Å². The van der Waals surface area contributed by atoms with E-state index in [1.807, 2.05) is 0 Å². The molecule has 0 N–H and O–H groups in total. The van der Waals surface area contributed by atoms with Crippen LogP contribution in [0.5, 0.6) is 0 Å². The summed E-state index contributed by atoms with van der Waals surface area (Å²) >= 11 is 0. The van der Waals surface area contributed by atoms with Crippen molar-refractivity contribution in [3.05, 3.63) is 0 Å². The molecule has 0 aliphatic carbocycles. The Morgan fingerprint density at radius 2 is 1.35 bits per heavy atom. The van der Waals surface area contributed by atoms with E-state index in [0.717, 1.165) is 19.6 Å². The molecule has 17 heavy (non-hydrogen) atoms. The van der Waals surface area contributed by atoms with E-state index >= 15 is 0 Å². The van der Waals surface area contributed by atoms with Crippen LogP contribution in [0.2, 0.25) is 0 Å². The molecule has 104 valence electrons. The summed E-state index contributed by atoms with van der Waals surface area (Å²) in [5.41, 5.74) is 0. The molecule has 0 rings (SSSR count).